The summed E-state index contributed by atoms with van der Waals surface area (Å²) < 4.78 is 0. The normalized spacial score (nSPS) is 12.7. The molecule has 0 amide bonds. The molecule has 6 aromatic carbocycles. The molecule has 0 radical (unpaired) electrons. The van der Waals surface area contributed by atoms with Gasteiger partial charge in [0.2, 0.25) is 0 Å². The van der Waals surface area contributed by atoms with Crippen LogP contribution in [0.4, 0.5) is 22.7 Å². The van der Waals surface area contributed by atoms with Gasteiger partial charge >= 0.3 is 0 Å². The quantitative estimate of drug-likeness (QED) is 0.205. The second-order valence-corrected chi connectivity index (χ2v) is 11.4. The molecule has 0 atom stereocenters. The molecule has 0 aliphatic heterocycles. The smallest absolute Gasteiger partial charge is 0.0717 e. The maximum Gasteiger partial charge on any atom is 0.0717 e. The average molecular weight is 555 g/mol. The van der Waals surface area contributed by atoms with Gasteiger partial charge in [-0.15, -0.1) is 0 Å². The first-order valence-electron chi connectivity index (χ1n) is 14.8. The van der Waals surface area contributed by atoms with E-state index in [0.29, 0.717) is 0 Å². The molecular weight excluding hydrogens is 520 g/mol. The molecule has 0 unspecified atom stereocenters. The average Bonchev–Trinajstić information content (AvgIpc) is 3.32. The monoisotopic (exact) mass is 554 g/mol. The lowest BCUT2D eigenvalue weighted by molar-refractivity contribution is 0.760. The van der Waals surface area contributed by atoms with Crippen molar-refractivity contribution in [2.75, 3.05) is 10.6 Å². The molecule has 0 heterocycles. The van der Waals surface area contributed by atoms with Crippen molar-refractivity contribution in [2.24, 2.45) is 0 Å². The summed E-state index contributed by atoms with van der Waals surface area (Å²) in [5, 5.41) is 7.33. The van der Waals surface area contributed by atoms with Crippen LogP contribution in [0.1, 0.15) is 38.9 Å². The van der Waals surface area contributed by atoms with E-state index in [1.54, 1.807) is 0 Å². The van der Waals surface area contributed by atoms with Crippen molar-refractivity contribution in [1.29, 1.82) is 0 Å². The van der Waals surface area contributed by atoms with E-state index in [9.17, 15) is 0 Å². The Morgan fingerprint density at radius 1 is 0.512 bits per heavy atom. The molecule has 2 N–H and O–H groups in total. The van der Waals surface area contributed by atoms with Crippen LogP contribution in [0.2, 0.25) is 0 Å². The summed E-state index contributed by atoms with van der Waals surface area (Å²) in [6.45, 7) is 8.45. The zero-order chi connectivity index (χ0) is 29.4. The number of rotatable bonds is 7. The van der Waals surface area contributed by atoms with E-state index in [4.69, 9.17) is 0 Å². The summed E-state index contributed by atoms with van der Waals surface area (Å²) >= 11 is 0. The summed E-state index contributed by atoms with van der Waals surface area (Å²) in [4.78, 5) is 0. The van der Waals surface area contributed by atoms with E-state index in [-0.39, 0.29) is 0 Å². The Kier molecular flexibility index (Phi) is 6.68. The highest BCUT2D eigenvalue weighted by Crippen LogP contribution is 2.58. The van der Waals surface area contributed by atoms with Crippen LogP contribution < -0.4 is 10.6 Å². The van der Waals surface area contributed by atoms with Crippen LogP contribution >= 0.6 is 0 Å². The zero-order valence-electron chi connectivity index (χ0n) is 24.6. The second-order valence-electron chi connectivity index (χ2n) is 11.4. The van der Waals surface area contributed by atoms with Crippen LogP contribution in [-0.4, -0.2) is 0 Å². The first-order chi connectivity index (χ1) is 21.1. The van der Waals surface area contributed by atoms with E-state index in [2.05, 4.69) is 158 Å². The van der Waals surface area contributed by atoms with Gasteiger partial charge in [-0.3, -0.25) is 0 Å². The highest BCUT2D eigenvalue weighted by atomic mass is 14.9. The lowest BCUT2D eigenvalue weighted by Crippen LogP contribution is -2.30. The van der Waals surface area contributed by atoms with Crippen molar-refractivity contribution in [3.05, 3.63) is 185 Å². The first kappa shape index (κ1) is 26.6. The van der Waals surface area contributed by atoms with Gasteiger partial charge in [-0.1, -0.05) is 109 Å². The molecule has 1 aliphatic carbocycles. The van der Waals surface area contributed by atoms with Crippen LogP contribution in [0.25, 0.3) is 17.2 Å². The molecule has 0 fully saturated rings. The first-order valence-corrected chi connectivity index (χ1v) is 14.8. The Morgan fingerprint density at radius 3 is 1.56 bits per heavy atom. The minimum absolute atomic E-state index is 0.525. The number of aryl methyl sites for hydroxylation is 2. The third kappa shape index (κ3) is 4.62. The number of hydrogen-bond donors (Lipinski definition) is 2. The van der Waals surface area contributed by atoms with Crippen molar-refractivity contribution in [3.8, 4) is 11.1 Å². The molecule has 0 bridgehead atoms. The Balaban J connectivity index is 1.53. The molecular formula is C41H34N2. The lowest BCUT2D eigenvalue weighted by Gasteiger charge is -2.36. The van der Waals surface area contributed by atoms with Crippen LogP contribution in [0.5, 0.6) is 0 Å². The van der Waals surface area contributed by atoms with Crippen molar-refractivity contribution < 1.29 is 0 Å². The lowest BCUT2D eigenvalue weighted by atomic mass is 9.66. The minimum Gasteiger partial charge on any atom is -0.356 e. The molecule has 43 heavy (non-hydrogen) atoms. The molecule has 0 spiro atoms. The van der Waals surface area contributed by atoms with Gasteiger partial charge in [0.15, 0.2) is 0 Å². The molecule has 2 nitrogen and oxygen atoms in total. The molecule has 2 heteroatoms. The Hall–Kier alpha value is -5.34. The minimum atomic E-state index is -0.525. The van der Waals surface area contributed by atoms with E-state index in [0.717, 1.165) is 28.3 Å². The molecule has 1 aliphatic rings. The van der Waals surface area contributed by atoms with Gasteiger partial charge in [-0.25, -0.2) is 0 Å². The van der Waals surface area contributed by atoms with Gasteiger partial charge in [0.1, 0.15) is 0 Å². The standard InChI is InChI=1S/C41H34N2/c1-4-30-17-19-31(20-18-30)41(38-25-28(2)15-16-29(38)3)39-26-34(42-32-11-7-5-8-12-32)21-23-36(39)37-24-22-35(27-40(37)41)43-33-13-9-6-10-14-33/h4-27,42-43H,1H2,2-3H3. The summed E-state index contributed by atoms with van der Waals surface area (Å²) in [5.74, 6) is 0. The van der Waals surface area contributed by atoms with Crippen LogP contribution in [0, 0.1) is 13.8 Å². The number of hydrogen-bond acceptors (Lipinski definition) is 2. The van der Waals surface area contributed by atoms with Gasteiger partial charge < -0.3 is 10.6 Å². The van der Waals surface area contributed by atoms with Crippen molar-refractivity contribution in [1.82, 2.24) is 0 Å². The van der Waals surface area contributed by atoms with Crippen molar-refractivity contribution in [2.45, 2.75) is 19.3 Å². The van der Waals surface area contributed by atoms with Gasteiger partial charge in [-0.05, 0) is 107 Å². The van der Waals surface area contributed by atoms with Crippen molar-refractivity contribution >= 4 is 28.8 Å². The number of nitrogens with one attached hydrogen (secondary N) is 2. The van der Waals surface area contributed by atoms with Crippen LogP contribution in [0.15, 0.2) is 146 Å². The van der Waals surface area contributed by atoms with Crippen LogP contribution in [0.3, 0.4) is 0 Å². The predicted molar refractivity (Wildman–Crippen MR) is 183 cm³/mol. The molecule has 0 saturated carbocycles. The summed E-state index contributed by atoms with van der Waals surface area (Å²) in [7, 11) is 0. The highest BCUT2D eigenvalue weighted by Gasteiger charge is 2.47. The number of anilines is 4. The second kappa shape index (κ2) is 10.8. The van der Waals surface area contributed by atoms with Gasteiger partial charge in [0.25, 0.3) is 0 Å². The van der Waals surface area contributed by atoms with E-state index in [1.807, 2.05) is 18.2 Å². The number of para-hydroxylation sites is 2. The van der Waals surface area contributed by atoms with Crippen LogP contribution in [-0.2, 0) is 5.41 Å². The topological polar surface area (TPSA) is 24.1 Å². The fourth-order valence-electron chi connectivity index (χ4n) is 6.62. The fraction of sp³-hybridized carbons (Fsp3) is 0.0732. The zero-order valence-corrected chi connectivity index (χ0v) is 24.6. The molecule has 0 saturated heterocycles. The maximum absolute atomic E-state index is 4.02. The summed E-state index contributed by atoms with van der Waals surface area (Å²) in [6, 6.07) is 50.3. The third-order valence-electron chi connectivity index (χ3n) is 8.64. The fourth-order valence-corrected chi connectivity index (χ4v) is 6.62. The molecule has 6 aromatic rings. The third-order valence-corrected chi connectivity index (χ3v) is 8.64. The van der Waals surface area contributed by atoms with E-state index < -0.39 is 5.41 Å². The maximum atomic E-state index is 4.02. The largest absolute Gasteiger partial charge is 0.356 e. The SMILES string of the molecule is C=Cc1ccc(C2(c3cc(C)ccc3C)c3cc(Nc4ccccc4)ccc3-c3ccc(Nc4ccccc4)cc32)cc1. The predicted octanol–water partition coefficient (Wildman–Crippen LogP) is 10.8. The van der Waals surface area contributed by atoms with Gasteiger partial charge in [0, 0.05) is 22.7 Å². The number of benzene rings is 6. The van der Waals surface area contributed by atoms with Crippen molar-refractivity contribution in [3.63, 3.8) is 0 Å². The van der Waals surface area contributed by atoms with Gasteiger partial charge in [0.05, 0.1) is 5.41 Å². The Bertz CT molecular complexity index is 1850. The summed E-state index contributed by atoms with van der Waals surface area (Å²) in [6.07, 6.45) is 1.91. The van der Waals surface area contributed by atoms with E-state index >= 15 is 0 Å². The van der Waals surface area contributed by atoms with E-state index in [1.165, 1.54) is 44.5 Å². The molecule has 0 aromatic heterocycles. The summed E-state index contributed by atoms with van der Waals surface area (Å²) in [5.41, 5.74) is 15.0. The Labute approximate surface area is 254 Å². The Morgan fingerprint density at radius 2 is 1.05 bits per heavy atom. The number of fused-ring (bicyclic) bond motifs is 3. The van der Waals surface area contributed by atoms with Gasteiger partial charge in [-0.2, -0.15) is 0 Å². The molecule has 208 valence electrons. The molecule has 7 rings (SSSR count). The highest BCUT2D eigenvalue weighted by molar-refractivity contribution is 5.90.